The van der Waals surface area contributed by atoms with E-state index in [2.05, 4.69) is 0 Å². The third-order valence-electron chi connectivity index (χ3n) is 6.01. The van der Waals surface area contributed by atoms with Crippen molar-refractivity contribution >= 4 is 17.7 Å². The molecule has 2 aromatic rings. The minimum absolute atomic E-state index is 0.00648. The summed E-state index contributed by atoms with van der Waals surface area (Å²) in [6.45, 7) is 2.19. The number of ketones is 1. The summed E-state index contributed by atoms with van der Waals surface area (Å²) in [5.41, 5.74) is -1.23. The van der Waals surface area contributed by atoms with Crippen LogP contribution in [-0.2, 0) is 10.5 Å². The lowest BCUT2D eigenvalue weighted by atomic mass is 9.83. The number of methoxy groups -OCH3 is 2. The molecule has 0 radical (unpaired) electrons. The number of benzene rings is 2. The van der Waals surface area contributed by atoms with E-state index in [9.17, 15) is 14.4 Å². The lowest BCUT2D eigenvalue weighted by Crippen LogP contribution is -2.58. The van der Waals surface area contributed by atoms with Gasteiger partial charge < -0.3 is 23.7 Å². The van der Waals surface area contributed by atoms with Crippen molar-refractivity contribution in [1.29, 1.82) is 0 Å². The average Bonchev–Trinajstić information content (AvgIpc) is 3.38. The maximum Gasteiger partial charge on any atom is 0.341 e. The van der Waals surface area contributed by atoms with E-state index in [1.54, 1.807) is 6.07 Å². The molecule has 0 bridgehead atoms. The Bertz CT molecular complexity index is 1170. The molecule has 166 valence electrons. The molecule has 1 amide bonds. The molecule has 3 aliphatic rings. The van der Waals surface area contributed by atoms with Gasteiger partial charge in [-0.05, 0) is 30.7 Å². The Labute approximate surface area is 183 Å². The molecule has 1 atom stereocenters. The maximum atomic E-state index is 14.0. The molecule has 1 unspecified atom stereocenters. The molecule has 0 fully saturated rings. The zero-order valence-electron chi connectivity index (χ0n) is 17.9. The van der Waals surface area contributed by atoms with Crippen LogP contribution in [0.2, 0.25) is 0 Å². The van der Waals surface area contributed by atoms with Crippen molar-refractivity contribution in [2.75, 3.05) is 27.6 Å². The van der Waals surface area contributed by atoms with Gasteiger partial charge in [-0.2, -0.15) is 0 Å². The summed E-state index contributed by atoms with van der Waals surface area (Å²) < 4.78 is 27.2. The smallest absolute Gasteiger partial charge is 0.341 e. The van der Waals surface area contributed by atoms with E-state index >= 15 is 0 Å². The van der Waals surface area contributed by atoms with Crippen molar-refractivity contribution in [3.8, 4) is 23.0 Å². The summed E-state index contributed by atoms with van der Waals surface area (Å²) in [5.74, 6) is -0.285. The summed E-state index contributed by atoms with van der Waals surface area (Å²) in [5, 5.41) is 0. The van der Waals surface area contributed by atoms with Gasteiger partial charge in [0.2, 0.25) is 12.6 Å². The van der Waals surface area contributed by atoms with E-state index in [-0.39, 0.29) is 35.6 Å². The first kappa shape index (κ1) is 20.2. The van der Waals surface area contributed by atoms with Gasteiger partial charge in [-0.15, -0.1) is 0 Å². The first-order valence-corrected chi connectivity index (χ1v) is 10.3. The van der Waals surface area contributed by atoms with Crippen molar-refractivity contribution in [1.82, 2.24) is 4.90 Å². The van der Waals surface area contributed by atoms with Crippen LogP contribution in [0.3, 0.4) is 0 Å². The normalized spacial score (nSPS) is 20.3. The van der Waals surface area contributed by atoms with Gasteiger partial charge in [0, 0.05) is 17.7 Å². The second-order valence-electron chi connectivity index (χ2n) is 7.68. The third-order valence-corrected chi connectivity index (χ3v) is 6.01. The molecule has 3 heterocycles. The second kappa shape index (κ2) is 7.15. The number of rotatable bonds is 5. The van der Waals surface area contributed by atoms with Crippen molar-refractivity contribution in [2.24, 2.45) is 0 Å². The van der Waals surface area contributed by atoms with Gasteiger partial charge in [0.05, 0.1) is 25.3 Å². The predicted molar refractivity (Wildman–Crippen MR) is 109 cm³/mol. The minimum atomic E-state index is -1.92. The molecular weight excluding hydrogens is 418 g/mol. The molecule has 32 heavy (non-hydrogen) atoms. The zero-order chi connectivity index (χ0) is 22.6. The van der Waals surface area contributed by atoms with Gasteiger partial charge >= 0.3 is 5.97 Å². The molecule has 0 saturated carbocycles. The van der Waals surface area contributed by atoms with Gasteiger partial charge in [0.1, 0.15) is 0 Å². The number of carbonyl (C=O) groups excluding carboxylic acids is 3. The summed E-state index contributed by atoms with van der Waals surface area (Å²) >= 11 is 0. The van der Waals surface area contributed by atoms with Gasteiger partial charge in [0.15, 0.2) is 23.0 Å². The molecule has 3 aliphatic heterocycles. The highest BCUT2D eigenvalue weighted by Crippen LogP contribution is 2.50. The Hall–Kier alpha value is -3.75. The monoisotopic (exact) mass is 439 g/mol. The molecule has 2 aromatic carbocycles. The van der Waals surface area contributed by atoms with Crippen LogP contribution in [0.1, 0.15) is 56.4 Å². The molecule has 0 N–H and O–H groups in total. The number of esters is 1. The zero-order valence-corrected chi connectivity index (χ0v) is 17.9. The molecule has 0 aliphatic carbocycles. The van der Waals surface area contributed by atoms with Crippen LogP contribution >= 0.6 is 0 Å². The minimum Gasteiger partial charge on any atom is -0.493 e. The Morgan fingerprint density at radius 3 is 2.25 bits per heavy atom. The Kier molecular flexibility index (Phi) is 4.51. The van der Waals surface area contributed by atoms with Gasteiger partial charge in [-0.3, -0.25) is 14.5 Å². The fourth-order valence-electron chi connectivity index (χ4n) is 4.42. The molecule has 9 heteroatoms. The number of nitrogens with zero attached hydrogens (tertiary/aromatic N) is 1. The number of hydrogen-bond acceptors (Lipinski definition) is 8. The summed E-state index contributed by atoms with van der Waals surface area (Å²) in [6, 6.07) is 5.98. The predicted octanol–water partition coefficient (Wildman–Crippen LogP) is 2.89. The van der Waals surface area contributed by atoms with Crippen LogP contribution in [0.15, 0.2) is 24.3 Å². The van der Waals surface area contributed by atoms with E-state index in [1.807, 2.05) is 6.92 Å². The molecule has 0 saturated heterocycles. The van der Waals surface area contributed by atoms with Crippen LogP contribution in [0.5, 0.6) is 23.0 Å². The van der Waals surface area contributed by atoms with Crippen molar-refractivity contribution < 1.29 is 38.1 Å². The topological polar surface area (TPSA) is 101 Å². The fourth-order valence-corrected chi connectivity index (χ4v) is 4.42. The van der Waals surface area contributed by atoms with Gasteiger partial charge in [0.25, 0.3) is 11.6 Å². The van der Waals surface area contributed by atoms with Gasteiger partial charge in [-0.25, -0.2) is 4.79 Å². The molecule has 9 nitrogen and oxygen atoms in total. The summed E-state index contributed by atoms with van der Waals surface area (Å²) in [4.78, 5) is 41.9. The highest BCUT2D eigenvalue weighted by atomic mass is 16.7. The van der Waals surface area contributed by atoms with Gasteiger partial charge in [-0.1, -0.05) is 13.3 Å². The molecule has 0 aromatic heterocycles. The van der Waals surface area contributed by atoms with E-state index in [1.165, 1.54) is 37.3 Å². The molecule has 1 spiro atoms. The average molecular weight is 439 g/mol. The standard InChI is InChI=1S/C23H21NO8/c1-4-5-6-24-21(26)13-8-17(29-3)16(28-2)7-12(13)20(25)23(24)15-10-19-18(30-11-31-19)9-14(15)22(27)32-23/h7-10H,4-6,11H2,1-3H3. The van der Waals surface area contributed by atoms with Crippen LogP contribution in [-0.4, -0.2) is 50.1 Å². The van der Waals surface area contributed by atoms with Crippen LogP contribution in [0, 0.1) is 0 Å². The van der Waals surface area contributed by atoms with Crippen LogP contribution in [0.4, 0.5) is 0 Å². The number of carbonyl (C=O) groups is 3. The maximum absolute atomic E-state index is 14.0. The van der Waals surface area contributed by atoms with Crippen molar-refractivity contribution in [3.05, 3.63) is 46.5 Å². The quantitative estimate of drug-likeness (QED) is 0.656. The Morgan fingerprint density at radius 1 is 0.938 bits per heavy atom. The van der Waals surface area contributed by atoms with E-state index in [0.29, 0.717) is 29.4 Å². The van der Waals surface area contributed by atoms with E-state index < -0.39 is 23.4 Å². The SMILES string of the molecule is CCCCN1C(=O)c2cc(OC)c(OC)cc2C(=O)C12OC(=O)c1cc3c(cc12)OCO3. The third kappa shape index (κ3) is 2.54. The number of unbranched alkanes of at least 4 members (excludes halogenated alkanes) is 1. The van der Waals surface area contributed by atoms with Crippen LogP contribution < -0.4 is 18.9 Å². The van der Waals surface area contributed by atoms with Crippen LogP contribution in [0.25, 0.3) is 0 Å². The van der Waals surface area contributed by atoms with E-state index in [0.717, 1.165) is 6.42 Å². The fraction of sp³-hybridized carbons (Fsp3) is 0.348. The first-order valence-electron chi connectivity index (χ1n) is 10.3. The largest absolute Gasteiger partial charge is 0.493 e. The Morgan fingerprint density at radius 2 is 1.59 bits per heavy atom. The summed E-state index contributed by atoms with van der Waals surface area (Å²) in [6.07, 6.45) is 1.38. The lowest BCUT2D eigenvalue weighted by molar-refractivity contribution is -0.0742. The highest BCUT2D eigenvalue weighted by Gasteiger charge is 2.61. The number of hydrogen-bond donors (Lipinski definition) is 0. The number of ether oxygens (including phenoxy) is 5. The molecule has 5 rings (SSSR count). The lowest BCUT2D eigenvalue weighted by Gasteiger charge is -2.42. The summed E-state index contributed by atoms with van der Waals surface area (Å²) in [7, 11) is 2.89. The number of amides is 1. The first-order chi connectivity index (χ1) is 15.5. The number of Topliss-reactive ketones (excluding diaryl/α,β-unsaturated/α-hetero) is 1. The number of fused-ring (bicyclic) bond motifs is 4. The van der Waals surface area contributed by atoms with Crippen molar-refractivity contribution in [3.63, 3.8) is 0 Å². The molecular formula is C23H21NO8. The highest BCUT2D eigenvalue weighted by molar-refractivity contribution is 6.20. The van der Waals surface area contributed by atoms with E-state index in [4.69, 9.17) is 23.7 Å². The Balaban J connectivity index is 1.76. The van der Waals surface area contributed by atoms with Crippen molar-refractivity contribution in [2.45, 2.75) is 25.5 Å². The second-order valence-corrected chi connectivity index (χ2v) is 7.68.